The van der Waals surface area contributed by atoms with E-state index in [2.05, 4.69) is 28.2 Å². The molecule has 2 nitrogen and oxygen atoms in total. The van der Waals surface area contributed by atoms with Crippen LogP contribution in [0.3, 0.4) is 0 Å². The van der Waals surface area contributed by atoms with Crippen molar-refractivity contribution < 1.29 is 4.74 Å². The number of hydrogen-bond acceptors (Lipinski definition) is 2. The van der Waals surface area contributed by atoms with E-state index < -0.39 is 0 Å². The van der Waals surface area contributed by atoms with Crippen molar-refractivity contribution in [3.05, 3.63) is 28.7 Å². The number of halogens is 1. The Morgan fingerprint density at radius 3 is 2.69 bits per heavy atom. The van der Waals surface area contributed by atoms with Crippen LogP contribution in [0.15, 0.2) is 28.7 Å². The normalized spacial score (nSPS) is 19.4. The summed E-state index contributed by atoms with van der Waals surface area (Å²) in [4.78, 5) is 0. The van der Waals surface area contributed by atoms with E-state index >= 15 is 0 Å². The van der Waals surface area contributed by atoms with Crippen LogP contribution >= 0.6 is 15.9 Å². The van der Waals surface area contributed by atoms with Gasteiger partial charge in [0.1, 0.15) is 5.75 Å². The van der Waals surface area contributed by atoms with Gasteiger partial charge in [0, 0.05) is 0 Å². The molecule has 2 rings (SSSR count). The van der Waals surface area contributed by atoms with Crippen LogP contribution < -0.4 is 10.1 Å². The van der Waals surface area contributed by atoms with E-state index in [0.717, 1.165) is 23.3 Å². The molecule has 0 radical (unpaired) electrons. The summed E-state index contributed by atoms with van der Waals surface area (Å²) >= 11 is 3.51. The summed E-state index contributed by atoms with van der Waals surface area (Å²) in [6.07, 6.45) is 2.72. The van der Waals surface area contributed by atoms with Crippen LogP contribution in [0.1, 0.15) is 19.8 Å². The molecular weight excluding hydrogens is 266 g/mol. The molecule has 1 aliphatic rings. The van der Waals surface area contributed by atoms with E-state index in [-0.39, 0.29) is 0 Å². The van der Waals surface area contributed by atoms with Gasteiger partial charge in [-0.15, -0.1) is 0 Å². The van der Waals surface area contributed by atoms with Gasteiger partial charge in [0.2, 0.25) is 0 Å². The maximum Gasteiger partial charge on any atom is 0.133 e. The summed E-state index contributed by atoms with van der Waals surface area (Å²) in [7, 11) is 0. The minimum absolute atomic E-state index is 0.292. The zero-order valence-corrected chi connectivity index (χ0v) is 11.2. The highest BCUT2D eigenvalue weighted by Gasteiger charge is 2.21. The summed E-state index contributed by atoms with van der Waals surface area (Å²) in [5, 5.41) is 3.38. The fraction of sp³-hybridized carbons (Fsp3) is 0.538. The fourth-order valence-corrected chi connectivity index (χ4v) is 2.53. The number of hydrogen-bond donors (Lipinski definition) is 1. The van der Waals surface area contributed by atoms with Crippen molar-refractivity contribution in [2.45, 2.75) is 25.9 Å². The molecule has 1 heterocycles. The molecule has 0 aliphatic carbocycles. The first-order chi connectivity index (χ1) is 7.77. The molecule has 0 saturated carbocycles. The van der Waals surface area contributed by atoms with Crippen molar-refractivity contribution in [1.29, 1.82) is 0 Å². The first-order valence-corrected chi connectivity index (χ1v) is 6.68. The zero-order valence-electron chi connectivity index (χ0n) is 9.58. The van der Waals surface area contributed by atoms with Gasteiger partial charge in [-0.05, 0) is 66.8 Å². The topological polar surface area (TPSA) is 21.3 Å². The van der Waals surface area contributed by atoms with Crippen LogP contribution in [-0.4, -0.2) is 19.2 Å². The number of rotatable bonds is 3. The Labute approximate surface area is 106 Å². The Kier molecular flexibility index (Phi) is 4.24. The Morgan fingerprint density at radius 1 is 1.31 bits per heavy atom. The standard InChI is InChI=1S/C13H18BrNO/c1-10(11-6-8-15-9-7-11)16-13-5-3-2-4-12(13)14/h2-5,10-11,15H,6-9H2,1H3. The average Bonchev–Trinajstić information content (AvgIpc) is 2.33. The van der Waals surface area contributed by atoms with Crippen molar-refractivity contribution in [1.82, 2.24) is 5.32 Å². The number of nitrogens with one attached hydrogen (secondary N) is 1. The summed E-state index contributed by atoms with van der Waals surface area (Å²) < 4.78 is 7.05. The van der Waals surface area contributed by atoms with Gasteiger partial charge in [-0.1, -0.05) is 12.1 Å². The lowest BCUT2D eigenvalue weighted by molar-refractivity contribution is 0.127. The Morgan fingerprint density at radius 2 is 2.00 bits per heavy atom. The number of para-hydroxylation sites is 1. The van der Waals surface area contributed by atoms with Gasteiger partial charge in [0.25, 0.3) is 0 Å². The van der Waals surface area contributed by atoms with E-state index in [1.54, 1.807) is 0 Å². The summed E-state index contributed by atoms with van der Waals surface area (Å²) in [6.45, 7) is 4.41. The molecule has 1 aromatic carbocycles. The largest absolute Gasteiger partial charge is 0.489 e. The van der Waals surface area contributed by atoms with Gasteiger partial charge in [0.15, 0.2) is 0 Å². The van der Waals surface area contributed by atoms with E-state index in [0.29, 0.717) is 12.0 Å². The molecule has 1 fully saturated rings. The second-order valence-electron chi connectivity index (χ2n) is 4.34. The molecule has 1 aliphatic heterocycles. The average molecular weight is 284 g/mol. The minimum atomic E-state index is 0.292. The molecule has 1 saturated heterocycles. The third-order valence-electron chi connectivity index (χ3n) is 3.20. The molecule has 1 aromatic rings. The van der Waals surface area contributed by atoms with Crippen molar-refractivity contribution in [3.63, 3.8) is 0 Å². The Hall–Kier alpha value is -0.540. The lowest BCUT2D eigenvalue weighted by atomic mass is 9.93. The third-order valence-corrected chi connectivity index (χ3v) is 3.85. The molecular formula is C13H18BrNO. The molecule has 3 heteroatoms. The first-order valence-electron chi connectivity index (χ1n) is 5.89. The molecule has 0 spiro atoms. The van der Waals surface area contributed by atoms with Gasteiger partial charge >= 0.3 is 0 Å². The molecule has 1 atom stereocenters. The van der Waals surface area contributed by atoms with E-state index in [4.69, 9.17) is 4.74 Å². The van der Waals surface area contributed by atoms with E-state index in [1.165, 1.54) is 12.8 Å². The molecule has 0 amide bonds. The second-order valence-corrected chi connectivity index (χ2v) is 5.20. The molecule has 1 unspecified atom stereocenters. The second kappa shape index (κ2) is 5.69. The van der Waals surface area contributed by atoms with Crippen LogP contribution in [0, 0.1) is 5.92 Å². The van der Waals surface area contributed by atoms with E-state index in [1.807, 2.05) is 24.3 Å². The quantitative estimate of drug-likeness (QED) is 0.920. The van der Waals surface area contributed by atoms with Crippen LogP contribution in [0.4, 0.5) is 0 Å². The lowest BCUT2D eigenvalue weighted by Crippen LogP contribution is -2.35. The number of ether oxygens (including phenoxy) is 1. The maximum atomic E-state index is 6.01. The van der Waals surface area contributed by atoms with Crippen LogP contribution in [-0.2, 0) is 0 Å². The maximum absolute atomic E-state index is 6.01. The van der Waals surface area contributed by atoms with Gasteiger partial charge in [-0.3, -0.25) is 0 Å². The van der Waals surface area contributed by atoms with Crippen LogP contribution in [0.5, 0.6) is 5.75 Å². The zero-order chi connectivity index (χ0) is 11.4. The van der Waals surface area contributed by atoms with Crippen molar-refractivity contribution >= 4 is 15.9 Å². The monoisotopic (exact) mass is 283 g/mol. The summed E-state index contributed by atoms with van der Waals surface area (Å²) in [5.74, 6) is 1.63. The van der Waals surface area contributed by atoms with Gasteiger partial charge in [-0.2, -0.15) is 0 Å². The molecule has 88 valence electrons. The SMILES string of the molecule is CC(Oc1ccccc1Br)C1CCNCC1. The Bertz CT molecular complexity index is 336. The van der Waals surface area contributed by atoms with Crippen molar-refractivity contribution in [3.8, 4) is 5.75 Å². The first kappa shape index (κ1) is 11.9. The molecule has 0 aromatic heterocycles. The predicted octanol–water partition coefficient (Wildman–Crippen LogP) is 3.22. The highest BCUT2D eigenvalue weighted by molar-refractivity contribution is 9.10. The van der Waals surface area contributed by atoms with Gasteiger partial charge < -0.3 is 10.1 Å². The van der Waals surface area contributed by atoms with E-state index in [9.17, 15) is 0 Å². The fourth-order valence-electron chi connectivity index (χ4n) is 2.15. The van der Waals surface area contributed by atoms with Gasteiger partial charge in [0.05, 0.1) is 10.6 Å². The predicted molar refractivity (Wildman–Crippen MR) is 69.8 cm³/mol. The summed E-state index contributed by atoms with van der Waals surface area (Å²) in [6, 6.07) is 8.05. The third kappa shape index (κ3) is 2.98. The van der Waals surface area contributed by atoms with Gasteiger partial charge in [-0.25, -0.2) is 0 Å². The number of piperidine rings is 1. The lowest BCUT2D eigenvalue weighted by Gasteiger charge is -2.28. The highest BCUT2D eigenvalue weighted by atomic mass is 79.9. The molecule has 16 heavy (non-hydrogen) atoms. The highest BCUT2D eigenvalue weighted by Crippen LogP contribution is 2.28. The van der Waals surface area contributed by atoms with Crippen molar-refractivity contribution in [2.75, 3.05) is 13.1 Å². The molecule has 1 N–H and O–H groups in total. The van der Waals surface area contributed by atoms with Crippen LogP contribution in [0.25, 0.3) is 0 Å². The smallest absolute Gasteiger partial charge is 0.133 e. The number of benzene rings is 1. The Balaban J connectivity index is 1.96. The minimum Gasteiger partial charge on any atom is -0.489 e. The molecule has 0 bridgehead atoms. The van der Waals surface area contributed by atoms with Crippen LogP contribution in [0.2, 0.25) is 0 Å². The summed E-state index contributed by atoms with van der Waals surface area (Å²) in [5.41, 5.74) is 0. The van der Waals surface area contributed by atoms with Crippen molar-refractivity contribution in [2.24, 2.45) is 5.92 Å².